The summed E-state index contributed by atoms with van der Waals surface area (Å²) in [6, 6.07) is 10.5. The summed E-state index contributed by atoms with van der Waals surface area (Å²) in [5.41, 5.74) is 0.626. The molecule has 0 spiro atoms. The van der Waals surface area contributed by atoms with E-state index in [1.54, 1.807) is 54.6 Å². The smallest absolute Gasteiger partial charge is 0.230 e. The van der Waals surface area contributed by atoms with Gasteiger partial charge in [0.25, 0.3) is 0 Å². The maximum Gasteiger partial charge on any atom is 0.230 e. The molecule has 130 valence electrons. The predicted molar refractivity (Wildman–Crippen MR) is 92.9 cm³/mol. The predicted octanol–water partition coefficient (Wildman–Crippen LogP) is 2.09. The van der Waals surface area contributed by atoms with Crippen LogP contribution >= 0.6 is 0 Å². The number of carbonyl (C=O) groups excluding carboxylic acids is 2. The van der Waals surface area contributed by atoms with E-state index in [9.17, 15) is 9.59 Å². The highest BCUT2D eigenvalue weighted by Crippen LogP contribution is 2.35. The largest absolute Gasteiger partial charge is 0.497 e. The van der Waals surface area contributed by atoms with Gasteiger partial charge in [-0.15, -0.1) is 0 Å². The van der Waals surface area contributed by atoms with Crippen LogP contribution in [0.5, 0.6) is 11.5 Å². The van der Waals surface area contributed by atoms with Gasteiger partial charge in [-0.05, 0) is 24.3 Å². The van der Waals surface area contributed by atoms with Gasteiger partial charge in [-0.1, -0.05) is 6.07 Å². The van der Waals surface area contributed by atoms with Gasteiger partial charge in [-0.25, -0.2) is 4.98 Å². The first-order valence-corrected chi connectivity index (χ1v) is 7.86. The lowest BCUT2D eigenvalue weighted by Crippen LogP contribution is -2.28. The Morgan fingerprint density at radius 2 is 2.08 bits per heavy atom. The second-order valence-electron chi connectivity index (χ2n) is 5.65. The molecule has 0 radical (unpaired) electrons. The third-order valence-electron chi connectivity index (χ3n) is 4.09. The van der Waals surface area contributed by atoms with E-state index in [1.165, 1.54) is 7.11 Å². The average molecular weight is 341 g/mol. The van der Waals surface area contributed by atoms with E-state index in [0.29, 0.717) is 29.5 Å². The number of pyridine rings is 1. The SMILES string of the molecule is COc1ccc(N2CC(C(=O)Nc3ccccn3)CC2=O)c(OC)c1. The highest BCUT2D eigenvalue weighted by molar-refractivity contribution is 6.04. The second-order valence-corrected chi connectivity index (χ2v) is 5.65. The molecule has 1 N–H and O–H groups in total. The Morgan fingerprint density at radius 3 is 2.76 bits per heavy atom. The summed E-state index contributed by atoms with van der Waals surface area (Å²) in [4.78, 5) is 30.5. The molecule has 1 saturated heterocycles. The molecule has 7 heteroatoms. The molecule has 2 heterocycles. The van der Waals surface area contributed by atoms with Crippen LogP contribution in [0, 0.1) is 5.92 Å². The molecule has 2 aromatic rings. The first kappa shape index (κ1) is 16.8. The molecule has 1 unspecified atom stereocenters. The number of ether oxygens (including phenoxy) is 2. The number of nitrogens with one attached hydrogen (secondary N) is 1. The number of hydrogen-bond donors (Lipinski definition) is 1. The van der Waals surface area contributed by atoms with E-state index in [-0.39, 0.29) is 18.2 Å². The van der Waals surface area contributed by atoms with Crippen molar-refractivity contribution in [3.63, 3.8) is 0 Å². The summed E-state index contributed by atoms with van der Waals surface area (Å²) in [5, 5.41) is 2.74. The molecule has 3 rings (SSSR count). The minimum absolute atomic E-state index is 0.121. The summed E-state index contributed by atoms with van der Waals surface area (Å²) in [6.07, 6.45) is 1.75. The highest BCUT2D eigenvalue weighted by Gasteiger charge is 2.36. The van der Waals surface area contributed by atoms with Crippen molar-refractivity contribution in [2.45, 2.75) is 6.42 Å². The number of nitrogens with zero attached hydrogens (tertiary/aromatic N) is 2. The molecule has 1 aromatic carbocycles. The van der Waals surface area contributed by atoms with Crippen molar-refractivity contribution in [3.05, 3.63) is 42.6 Å². The molecule has 0 aliphatic carbocycles. The average Bonchev–Trinajstić information content (AvgIpc) is 3.03. The normalized spacial score (nSPS) is 16.6. The minimum Gasteiger partial charge on any atom is -0.497 e. The monoisotopic (exact) mass is 341 g/mol. The highest BCUT2D eigenvalue weighted by atomic mass is 16.5. The van der Waals surface area contributed by atoms with Gasteiger partial charge in [-0.2, -0.15) is 0 Å². The number of hydrogen-bond acceptors (Lipinski definition) is 5. The van der Waals surface area contributed by atoms with E-state index in [1.807, 2.05) is 0 Å². The fraction of sp³-hybridized carbons (Fsp3) is 0.278. The molecule has 1 atom stereocenters. The Balaban J connectivity index is 1.75. The van der Waals surface area contributed by atoms with Crippen molar-refractivity contribution in [1.29, 1.82) is 0 Å². The molecule has 25 heavy (non-hydrogen) atoms. The van der Waals surface area contributed by atoms with Crippen molar-refractivity contribution < 1.29 is 19.1 Å². The Bertz CT molecular complexity index is 779. The summed E-state index contributed by atoms with van der Waals surface area (Å²) in [6.45, 7) is 0.292. The van der Waals surface area contributed by atoms with Crippen LogP contribution in [0.2, 0.25) is 0 Å². The zero-order chi connectivity index (χ0) is 17.8. The van der Waals surface area contributed by atoms with Gasteiger partial charge in [-0.3, -0.25) is 9.59 Å². The van der Waals surface area contributed by atoms with Crippen molar-refractivity contribution in [1.82, 2.24) is 4.98 Å². The van der Waals surface area contributed by atoms with Crippen LogP contribution in [0.1, 0.15) is 6.42 Å². The molecular weight excluding hydrogens is 322 g/mol. The number of aromatic nitrogens is 1. The molecule has 2 amide bonds. The van der Waals surface area contributed by atoms with Gasteiger partial charge in [0.05, 0.1) is 25.8 Å². The zero-order valence-electron chi connectivity index (χ0n) is 14.1. The number of carbonyl (C=O) groups is 2. The first-order valence-electron chi connectivity index (χ1n) is 7.86. The van der Waals surface area contributed by atoms with E-state index < -0.39 is 5.92 Å². The van der Waals surface area contributed by atoms with E-state index >= 15 is 0 Å². The Hall–Kier alpha value is -3.09. The standard InChI is InChI=1S/C18H19N3O4/c1-24-13-6-7-14(15(10-13)25-2)21-11-12(9-17(21)22)18(23)20-16-5-3-4-8-19-16/h3-8,10,12H,9,11H2,1-2H3,(H,19,20,23). The number of anilines is 2. The third-order valence-corrected chi connectivity index (χ3v) is 4.09. The number of amides is 2. The lowest BCUT2D eigenvalue weighted by Gasteiger charge is -2.20. The summed E-state index contributed by atoms with van der Waals surface area (Å²) in [5.74, 6) is 0.851. The molecule has 1 aliphatic rings. The maximum absolute atomic E-state index is 12.4. The lowest BCUT2D eigenvalue weighted by atomic mass is 10.1. The fourth-order valence-corrected chi connectivity index (χ4v) is 2.79. The van der Waals surface area contributed by atoms with Crippen LogP contribution in [0.15, 0.2) is 42.6 Å². The van der Waals surface area contributed by atoms with Gasteiger partial charge in [0.1, 0.15) is 17.3 Å². The van der Waals surface area contributed by atoms with Crippen molar-refractivity contribution in [2.24, 2.45) is 5.92 Å². The van der Waals surface area contributed by atoms with Crippen LogP contribution in [-0.2, 0) is 9.59 Å². The Labute approximate surface area is 145 Å². The molecule has 0 saturated carbocycles. The Morgan fingerprint density at radius 1 is 1.24 bits per heavy atom. The van der Waals surface area contributed by atoms with Crippen molar-refractivity contribution in [2.75, 3.05) is 31.0 Å². The van der Waals surface area contributed by atoms with E-state index in [4.69, 9.17) is 9.47 Å². The summed E-state index contributed by atoms with van der Waals surface area (Å²) < 4.78 is 10.5. The van der Waals surface area contributed by atoms with Gasteiger partial charge in [0.2, 0.25) is 11.8 Å². The molecule has 7 nitrogen and oxygen atoms in total. The van der Waals surface area contributed by atoms with Gasteiger partial charge >= 0.3 is 0 Å². The maximum atomic E-state index is 12.4. The quantitative estimate of drug-likeness (QED) is 0.901. The molecular formula is C18H19N3O4. The van der Waals surface area contributed by atoms with Crippen LogP contribution < -0.4 is 19.7 Å². The topological polar surface area (TPSA) is 80.8 Å². The molecule has 0 bridgehead atoms. The van der Waals surface area contributed by atoms with E-state index in [0.717, 1.165) is 0 Å². The lowest BCUT2D eigenvalue weighted by molar-refractivity contribution is -0.122. The van der Waals surface area contributed by atoms with Crippen molar-refractivity contribution in [3.8, 4) is 11.5 Å². The van der Waals surface area contributed by atoms with Gasteiger partial charge < -0.3 is 19.7 Å². The number of methoxy groups -OCH3 is 2. The summed E-state index contributed by atoms with van der Waals surface area (Å²) in [7, 11) is 3.09. The summed E-state index contributed by atoms with van der Waals surface area (Å²) >= 11 is 0. The molecule has 1 aromatic heterocycles. The fourth-order valence-electron chi connectivity index (χ4n) is 2.79. The van der Waals surface area contributed by atoms with Crippen LogP contribution in [0.25, 0.3) is 0 Å². The molecule has 1 fully saturated rings. The number of rotatable bonds is 5. The van der Waals surface area contributed by atoms with Crippen LogP contribution in [-0.4, -0.2) is 37.6 Å². The first-order chi connectivity index (χ1) is 12.1. The van der Waals surface area contributed by atoms with Gasteiger partial charge in [0.15, 0.2) is 0 Å². The number of benzene rings is 1. The van der Waals surface area contributed by atoms with Crippen LogP contribution in [0.4, 0.5) is 11.5 Å². The zero-order valence-corrected chi connectivity index (χ0v) is 14.1. The Kier molecular flexibility index (Phi) is 4.83. The van der Waals surface area contributed by atoms with Crippen LogP contribution in [0.3, 0.4) is 0 Å². The van der Waals surface area contributed by atoms with Gasteiger partial charge in [0, 0.05) is 25.2 Å². The molecule has 1 aliphatic heterocycles. The third kappa shape index (κ3) is 3.55. The van der Waals surface area contributed by atoms with Crippen molar-refractivity contribution >= 4 is 23.3 Å². The van der Waals surface area contributed by atoms with E-state index in [2.05, 4.69) is 10.3 Å². The minimum atomic E-state index is -0.443. The second kappa shape index (κ2) is 7.21.